The number of aromatic nitrogens is 1. The molecule has 0 bridgehead atoms. The first-order valence-corrected chi connectivity index (χ1v) is 10.3. The van der Waals surface area contributed by atoms with E-state index in [1.54, 1.807) is 42.5 Å². The van der Waals surface area contributed by atoms with E-state index in [1.165, 1.54) is 0 Å². The van der Waals surface area contributed by atoms with Gasteiger partial charge in [-0.1, -0.05) is 17.7 Å². The van der Waals surface area contributed by atoms with Crippen molar-refractivity contribution in [3.8, 4) is 11.4 Å². The van der Waals surface area contributed by atoms with Crippen LogP contribution in [0.3, 0.4) is 0 Å². The number of anilines is 1. The summed E-state index contributed by atoms with van der Waals surface area (Å²) >= 11 is 0.802. The SMILES string of the molecule is Cc1ccc(NC(=O)CN2C(=O)S/C(=C\c3cccn3-c3ccc(O)cc3)C2=O)cc1. The predicted molar refractivity (Wildman–Crippen MR) is 120 cm³/mol. The first-order valence-electron chi connectivity index (χ1n) is 9.49. The van der Waals surface area contributed by atoms with Crippen molar-refractivity contribution in [2.45, 2.75) is 6.92 Å². The number of amides is 3. The van der Waals surface area contributed by atoms with E-state index in [4.69, 9.17) is 0 Å². The number of nitrogens with one attached hydrogen (secondary N) is 1. The summed E-state index contributed by atoms with van der Waals surface area (Å²) < 4.78 is 1.83. The third kappa shape index (κ3) is 4.54. The summed E-state index contributed by atoms with van der Waals surface area (Å²) in [6.45, 7) is 1.59. The van der Waals surface area contributed by atoms with Crippen molar-refractivity contribution < 1.29 is 19.5 Å². The fourth-order valence-electron chi connectivity index (χ4n) is 3.11. The van der Waals surface area contributed by atoms with Crippen LogP contribution < -0.4 is 5.32 Å². The van der Waals surface area contributed by atoms with E-state index in [0.717, 1.165) is 27.9 Å². The quantitative estimate of drug-likeness (QED) is 0.590. The number of hydrogen-bond donors (Lipinski definition) is 2. The van der Waals surface area contributed by atoms with Gasteiger partial charge in [0.15, 0.2) is 0 Å². The Hall–Kier alpha value is -3.78. The van der Waals surface area contributed by atoms with E-state index in [1.807, 2.05) is 42.0 Å². The second-order valence-corrected chi connectivity index (χ2v) is 7.99. The molecule has 3 amide bonds. The van der Waals surface area contributed by atoms with E-state index in [-0.39, 0.29) is 17.2 Å². The van der Waals surface area contributed by atoms with E-state index in [0.29, 0.717) is 11.4 Å². The molecular weight excluding hydrogens is 414 g/mol. The third-order valence-corrected chi connectivity index (χ3v) is 5.61. The summed E-state index contributed by atoms with van der Waals surface area (Å²) in [6, 6.07) is 17.5. The van der Waals surface area contributed by atoms with Gasteiger partial charge in [-0.15, -0.1) is 0 Å². The van der Waals surface area contributed by atoms with Crippen molar-refractivity contribution in [3.63, 3.8) is 0 Å². The number of phenols is 1. The Morgan fingerprint density at radius 3 is 2.48 bits per heavy atom. The largest absolute Gasteiger partial charge is 0.508 e. The Kier molecular flexibility index (Phi) is 5.64. The van der Waals surface area contributed by atoms with Gasteiger partial charge in [-0.3, -0.25) is 19.3 Å². The summed E-state index contributed by atoms with van der Waals surface area (Å²) in [6.07, 6.45) is 3.44. The van der Waals surface area contributed by atoms with Crippen molar-refractivity contribution in [3.05, 3.63) is 83.0 Å². The molecule has 0 atom stereocenters. The molecule has 1 saturated heterocycles. The smallest absolute Gasteiger partial charge is 0.294 e. The number of aromatic hydroxyl groups is 1. The Morgan fingerprint density at radius 1 is 1.06 bits per heavy atom. The van der Waals surface area contributed by atoms with Gasteiger partial charge in [0.1, 0.15) is 12.3 Å². The summed E-state index contributed by atoms with van der Waals surface area (Å²) in [5.74, 6) is -0.796. The molecule has 4 rings (SSSR count). The number of aryl methyl sites for hydroxylation is 1. The first kappa shape index (κ1) is 20.5. The lowest BCUT2D eigenvalue weighted by molar-refractivity contribution is -0.127. The van der Waals surface area contributed by atoms with E-state index in [2.05, 4.69) is 5.32 Å². The van der Waals surface area contributed by atoms with E-state index in [9.17, 15) is 19.5 Å². The number of benzene rings is 2. The number of phenolic OH excluding ortho intramolecular Hbond substituents is 1. The normalized spacial score (nSPS) is 15.0. The van der Waals surface area contributed by atoms with Crippen LogP contribution in [-0.2, 0) is 9.59 Å². The highest BCUT2D eigenvalue weighted by atomic mass is 32.2. The molecule has 1 aliphatic heterocycles. The molecule has 1 fully saturated rings. The minimum absolute atomic E-state index is 0.155. The molecule has 2 aromatic carbocycles. The Bertz CT molecular complexity index is 1180. The minimum atomic E-state index is -0.507. The van der Waals surface area contributed by atoms with E-state index < -0.39 is 17.1 Å². The second kappa shape index (κ2) is 8.53. The third-order valence-electron chi connectivity index (χ3n) is 4.70. The minimum Gasteiger partial charge on any atom is -0.508 e. The van der Waals surface area contributed by atoms with Crippen LogP contribution in [0.2, 0.25) is 0 Å². The lowest BCUT2D eigenvalue weighted by atomic mass is 10.2. The molecule has 1 aromatic heterocycles. The van der Waals surface area contributed by atoms with Crippen LogP contribution in [0.25, 0.3) is 11.8 Å². The number of hydrogen-bond acceptors (Lipinski definition) is 5. The van der Waals surface area contributed by atoms with Gasteiger partial charge >= 0.3 is 0 Å². The number of nitrogens with zero attached hydrogens (tertiary/aromatic N) is 2. The lowest BCUT2D eigenvalue weighted by Gasteiger charge is -2.12. The zero-order valence-corrected chi connectivity index (χ0v) is 17.4. The molecule has 0 spiro atoms. The summed E-state index contributed by atoms with van der Waals surface area (Å²) in [7, 11) is 0. The van der Waals surface area contributed by atoms with Gasteiger partial charge < -0.3 is 15.0 Å². The molecular formula is C23H19N3O4S. The number of rotatable bonds is 5. The molecule has 2 heterocycles. The number of carbonyl (C=O) groups is 3. The fraction of sp³-hybridized carbons (Fsp3) is 0.0870. The highest BCUT2D eigenvalue weighted by molar-refractivity contribution is 8.18. The molecule has 0 saturated carbocycles. The van der Waals surface area contributed by atoms with Gasteiger partial charge in [-0.25, -0.2) is 0 Å². The van der Waals surface area contributed by atoms with Gasteiger partial charge in [0.25, 0.3) is 11.1 Å². The van der Waals surface area contributed by atoms with Crippen LogP contribution in [0.5, 0.6) is 5.75 Å². The first-order chi connectivity index (χ1) is 14.9. The molecule has 156 valence electrons. The highest BCUT2D eigenvalue weighted by Crippen LogP contribution is 2.32. The standard InChI is InChI=1S/C23H19N3O4S/c1-15-4-6-16(7-5-15)24-21(28)14-26-22(29)20(31-23(26)30)13-18-3-2-12-25(18)17-8-10-19(27)11-9-17/h2-13,27H,14H2,1H3,(H,24,28)/b20-13-. The zero-order chi connectivity index (χ0) is 22.0. The van der Waals surface area contributed by atoms with E-state index >= 15 is 0 Å². The molecule has 31 heavy (non-hydrogen) atoms. The number of carbonyl (C=O) groups excluding carboxylic acids is 3. The molecule has 0 radical (unpaired) electrons. The maximum Gasteiger partial charge on any atom is 0.294 e. The van der Waals surface area contributed by atoms with Gasteiger partial charge in [0, 0.05) is 23.3 Å². The molecule has 0 unspecified atom stereocenters. The lowest BCUT2D eigenvalue weighted by Crippen LogP contribution is -2.36. The molecule has 1 aliphatic rings. The monoisotopic (exact) mass is 433 g/mol. The van der Waals surface area contributed by atoms with Gasteiger partial charge in [-0.05, 0) is 73.3 Å². The van der Waals surface area contributed by atoms with Crippen molar-refractivity contribution in [1.82, 2.24) is 9.47 Å². The van der Waals surface area contributed by atoms with Crippen LogP contribution in [0.15, 0.2) is 71.8 Å². The van der Waals surface area contributed by atoms with Crippen molar-refractivity contribution >= 4 is 40.6 Å². The van der Waals surface area contributed by atoms with Gasteiger partial charge in [-0.2, -0.15) is 0 Å². The van der Waals surface area contributed by atoms with Gasteiger partial charge in [0.2, 0.25) is 5.91 Å². The molecule has 3 aromatic rings. The number of imide groups is 1. The van der Waals surface area contributed by atoms with Gasteiger partial charge in [0.05, 0.1) is 4.91 Å². The summed E-state index contributed by atoms with van der Waals surface area (Å²) in [5, 5.41) is 11.7. The summed E-state index contributed by atoms with van der Waals surface area (Å²) in [4.78, 5) is 38.6. The summed E-state index contributed by atoms with van der Waals surface area (Å²) in [5.41, 5.74) is 3.15. The molecule has 0 aliphatic carbocycles. The molecule has 7 nitrogen and oxygen atoms in total. The molecule has 2 N–H and O–H groups in total. The Balaban J connectivity index is 1.49. The molecule has 8 heteroatoms. The Morgan fingerprint density at radius 2 is 1.77 bits per heavy atom. The fourth-order valence-corrected chi connectivity index (χ4v) is 3.93. The van der Waals surface area contributed by atoms with Crippen LogP contribution in [0.4, 0.5) is 10.5 Å². The van der Waals surface area contributed by atoms with Crippen LogP contribution >= 0.6 is 11.8 Å². The maximum absolute atomic E-state index is 12.8. The van der Waals surface area contributed by atoms with Crippen LogP contribution in [0.1, 0.15) is 11.3 Å². The zero-order valence-electron chi connectivity index (χ0n) is 16.6. The average molecular weight is 433 g/mol. The van der Waals surface area contributed by atoms with Crippen LogP contribution in [-0.4, -0.2) is 38.2 Å². The van der Waals surface area contributed by atoms with Crippen molar-refractivity contribution in [2.24, 2.45) is 0 Å². The van der Waals surface area contributed by atoms with Crippen LogP contribution in [0, 0.1) is 6.92 Å². The van der Waals surface area contributed by atoms with Crippen molar-refractivity contribution in [1.29, 1.82) is 0 Å². The number of thioether (sulfide) groups is 1. The van der Waals surface area contributed by atoms with Crippen molar-refractivity contribution in [2.75, 3.05) is 11.9 Å². The maximum atomic E-state index is 12.8. The average Bonchev–Trinajstić information content (AvgIpc) is 3.30. The predicted octanol–water partition coefficient (Wildman–Crippen LogP) is 4.17. The second-order valence-electron chi connectivity index (χ2n) is 7.00. The highest BCUT2D eigenvalue weighted by Gasteiger charge is 2.36. The Labute approximate surface area is 183 Å². The topological polar surface area (TPSA) is 91.6 Å².